The average Bonchev–Trinajstić information content (AvgIpc) is 2.02. The van der Waals surface area contributed by atoms with E-state index in [1.807, 2.05) is 0 Å². The number of rotatable bonds is 3. The topological polar surface area (TPSA) is 92.9 Å². The average molecular weight is 252 g/mol. The highest BCUT2D eigenvalue weighted by atomic mass is 79.9. The van der Waals surface area contributed by atoms with E-state index in [4.69, 9.17) is 0 Å². The molecule has 1 saturated heterocycles. The van der Waals surface area contributed by atoms with Gasteiger partial charge in [0, 0.05) is 5.18 Å². The van der Waals surface area contributed by atoms with Gasteiger partial charge in [-0.05, 0) is 0 Å². The van der Waals surface area contributed by atoms with E-state index in [2.05, 4.69) is 21.1 Å². The van der Waals surface area contributed by atoms with E-state index < -0.39 is 10.6 Å². The number of amides is 1. The lowest BCUT2D eigenvalue weighted by molar-refractivity contribution is -0.584. The van der Waals surface area contributed by atoms with Crippen LogP contribution in [0.5, 0.6) is 0 Å². The van der Waals surface area contributed by atoms with Crippen LogP contribution in [0.2, 0.25) is 0 Å². The Bertz CT molecular complexity index is 263. The first-order valence-electron chi connectivity index (χ1n) is 3.38. The van der Waals surface area contributed by atoms with E-state index in [1.54, 1.807) is 0 Å². The summed E-state index contributed by atoms with van der Waals surface area (Å²) in [7, 11) is 0. The smallest absolute Gasteiger partial charge is 0.323 e. The summed E-state index contributed by atoms with van der Waals surface area (Å²) in [6.07, 6.45) is 0. The van der Waals surface area contributed by atoms with Crippen LogP contribution in [0, 0.1) is 15.0 Å². The SMILES string of the molecule is O=NC1([N+](=O)[O-])CN(C(=O)CBr)C1. The lowest BCUT2D eigenvalue weighted by atomic mass is 10.0. The molecule has 0 bridgehead atoms. The number of nitrogens with zero attached hydrogens (tertiary/aromatic N) is 3. The number of nitroso groups, excluding NO2 is 1. The van der Waals surface area contributed by atoms with Gasteiger partial charge in [-0.25, -0.2) is 0 Å². The minimum Gasteiger partial charge on any atom is -0.323 e. The van der Waals surface area contributed by atoms with Gasteiger partial charge in [0.25, 0.3) is 0 Å². The Labute approximate surface area is 81.3 Å². The molecular formula is C5H6BrN3O4. The summed E-state index contributed by atoms with van der Waals surface area (Å²) in [5, 5.41) is 12.9. The van der Waals surface area contributed by atoms with Crippen molar-refractivity contribution in [3.8, 4) is 0 Å². The van der Waals surface area contributed by atoms with Gasteiger partial charge < -0.3 is 4.90 Å². The second-order valence-corrected chi connectivity index (χ2v) is 3.28. The van der Waals surface area contributed by atoms with Gasteiger partial charge in [0.1, 0.15) is 13.1 Å². The zero-order valence-corrected chi connectivity index (χ0v) is 8.06. The zero-order valence-electron chi connectivity index (χ0n) is 6.47. The Morgan fingerprint density at radius 2 is 2.23 bits per heavy atom. The van der Waals surface area contributed by atoms with E-state index in [1.165, 1.54) is 4.90 Å². The monoisotopic (exact) mass is 251 g/mol. The molecule has 1 amide bonds. The van der Waals surface area contributed by atoms with Crippen molar-refractivity contribution in [3.63, 3.8) is 0 Å². The standard InChI is InChI=1S/C5H6BrN3O4/c6-1-4(10)8-2-5(3-8,7-11)9(12)13/h1-3H2. The molecule has 0 aliphatic carbocycles. The first kappa shape index (κ1) is 10.0. The van der Waals surface area contributed by atoms with Crippen molar-refractivity contribution in [1.29, 1.82) is 0 Å². The van der Waals surface area contributed by atoms with Crippen LogP contribution in [0.25, 0.3) is 0 Å². The Morgan fingerprint density at radius 1 is 1.69 bits per heavy atom. The summed E-state index contributed by atoms with van der Waals surface area (Å²) in [5.41, 5.74) is -1.81. The summed E-state index contributed by atoms with van der Waals surface area (Å²) in [6, 6.07) is 0. The highest BCUT2D eigenvalue weighted by molar-refractivity contribution is 9.09. The lowest BCUT2D eigenvalue weighted by Crippen LogP contribution is -2.66. The molecule has 8 heteroatoms. The summed E-state index contributed by atoms with van der Waals surface area (Å²) in [4.78, 5) is 31.9. The molecule has 0 aromatic rings. The van der Waals surface area contributed by atoms with Gasteiger partial charge in [-0.1, -0.05) is 15.9 Å². The Hall–Kier alpha value is -1.05. The fourth-order valence-electron chi connectivity index (χ4n) is 1.03. The van der Waals surface area contributed by atoms with Crippen LogP contribution in [-0.4, -0.2) is 39.8 Å². The third-order valence-corrected chi connectivity index (χ3v) is 2.34. The number of carbonyl (C=O) groups is 1. The number of carbonyl (C=O) groups excluding carboxylic acids is 1. The number of nitro groups is 1. The van der Waals surface area contributed by atoms with Gasteiger partial charge in [0.05, 0.1) is 10.3 Å². The fraction of sp³-hybridized carbons (Fsp3) is 0.800. The molecule has 0 saturated carbocycles. The molecule has 0 aromatic carbocycles. The predicted molar refractivity (Wildman–Crippen MR) is 45.9 cm³/mol. The number of halogens is 1. The molecule has 13 heavy (non-hydrogen) atoms. The Balaban J connectivity index is 2.59. The minimum absolute atomic E-state index is 0.0969. The predicted octanol–water partition coefficient (Wildman–Crippen LogP) is -0.0371. The molecule has 1 aliphatic rings. The van der Waals surface area contributed by atoms with E-state index in [0.29, 0.717) is 0 Å². The summed E-state index contributed by atoms with van der Waals surface area (Å²) in [6.45, 7) is -0.456. The molecule has 0 N–H and O–H groups in total. The van der Waals surface area contributed by atoms with E-state index in [9.17, 15) is 19.8 Å². The van der Waals surface area contributed by atoms with E-state index in [0.717, 1.165) is 0 Å². The van der Waals surface area contributed by atoms with Crippen LogP contribution >= 0.6 is 15.9 Å². The molecule has 1 rings (SSSR count). The fourth-order valence-corrected chi connectivity index (χ4v) is 1.39. The molecule has 1 heterocycles. The Morgan fingerprint density at radius 3 is 2.54 bits per heavy atom. The lowest BCUT2D eigenvalue weighted by Gasteiger charge is -2.37. The minimum atomic E-state index is -1.81. The third kappa shape index (κ3) is 1.53. The molecule has 1 aliphatic heterocycles. The number of alkyl halides is 1. The van der Waals surface area contributed by atoms with E-state index >= 15 is 0 Å². The number of hydrogen-bond acceptors (Lipinski definition) is 5. The largest absolute Gasteiger partial charge is 0.382 e. The van der Waals surface area contributed by atoms with Crippen LogP contribution in [0.3, 0.4) is 0 Å². The molecule has 0 radical (unpaired) electrons. The molecular weight excluding hydrogens is 246 g/mol. The van der Waals surface area contributed by atoms with Gasteiger partial charge in [0.2, 0.25) is 5.91 Å². The van der Waals surface area contributed by atoms with Gasteiger partial charge >= 0.3 is 5.66 Å². The van der Waals surface area contributed by atoms with E-state index in [-0.39, 0.29) is 24.3 Å². The molecule has 0 aromatic heterocycles. The first-order valence-corrected chi connectivity index (χ1v) is 4.50. The molecule has 1 fully saturated rings. The van der Waals surface area contributed by atoms with Crippen LogP contribution in [-0.2, 0) is 4.79 Å². The summed E-state index contributed by atoms with van der Waals surface area (Å²) < 4.78 is 0. The summed E-state index contributed by atoms with van der Waals surface area (Å²) in [5.74, 6) is -0.277. The highest BCUT2D eigenvalue weighted by Gasteiger charge is 2.58. The summed E-state index contributed by atoms with van der Waals surface area (Å²) >= 11 is 2.92. The van der Waals surface area contributed by atoms with Crippen molar-refractivity contribution in [2.75, 3.05) is 18.4 Å². The Kier molecular flexibility index (Phi) is 2.60. The second-order valence-electron chi connectivity index (χ2n) is 2.71. The normalized spacial score (nSPS) is 19.0. The van der Waals surface area contributed by atoms with Gasteiger partial charge in [0.15, 0.2) is 0 Å². The molecule has 0 atom stereocenters. The van der Waals surface area contributed by atoms with Gasteiger partial charge in [-0.2, -0.15) is 0 Å². The number of hydrogen-bond donors (Lipinski definition) is 0. The van der Waals surface area contributed by atoms with Gasteiger partial charge in [-0.3, -0.25) is 14.9 Å². The number of likely N-dealkylation sites (tertiary alicyclic amines) is 1. The van der Waals surface area contributed by atoms with Crippen LogP contribution in [0.4, 0.5) is 0 Å². The second kappa shape index (κ2) is 3.36. The van der Waals surface area contributed by atoms with Gasteiger partial charge in [-0.15, -0.1) is 4.91 Å². The highest BCUT2D eigenvalue weighted by Crippen LogP contribution is 2.25. The maximum atomic E-state index is 10.9. The maximum absolute atomic E-state index is 10.9. The van der Waals surface area contributed by atoms with Crippen LogP contribution < -0.4 is 0 Å². The van der Waals surface area contributed by atoms with Crippen LogP contribution in [0.15, 0.2) is 5.18 Å². The van der Waals surface area contributed by atoms with Crippen LogP contribution in [0.1, 0.15) is 0 Å². The van der Waals surface area contributed by atoms with Crippen molar-refractivity contribution in [2.24, 2.45) is 5.18 Å². The van der Waals surface area contributed by atoms with Crippen molar-refractivity contribution in [1.82, 2.24) is 4.90 Å². The van der Waals surface area contributed by atoms with Crippen molar-refractivity contribution >= 4 is 21.8 Å². The third-order valence-electron chi connectivity index (χ3n) is 1.86. The quantitative estimate of drug-likeness (QED) is 0.305. The first-order chi connectivity index (χ1) is 6.05. The maximum Gasteiger partial charge on any atom is 0.382 e. The molecule has 7 nitrogen and oxygen atoms in total. The molecule has 0 spiro atoms. The van der Waals surface area contributed by atoms with Crippen molar-refractivity contribution < 1.29 is 9.72 Å². The molecule has 72 valence electrons. The molecule has 0 unspecified atom stereocenters. The zero-order chi connectivity index (χ0) is 10.1. The van der Waals surface area contributed by atoms with Crippen molar-refractivity contribution in [3.05, 3.63) is 15.0 Å². The van der Waals surface area contributed by atoms with Crippen molar-refractivity contribution in [2.45, 2.75) is 5.66 Å².